The smallest absolute Gasteiger partial charge is 0.305 e. The van der Waals surface area contributed by atoms with Crippen LogP contribution in [0.5, 0.6) is 0 Å². The van der Waals surface area contributed by atoms with Crippen LogP contribution in [0.15, 0.2) is 24.3 Å². The number of nitrogens with one attached hydrogen (secondary N) is 1. The molecule has 1 atom stereocenters. The molecule has 1 unspecified atom stereocenters. The van der Waals surface area contributed by atoms with Crippen molar-refractivity contribution in [3.63, 3.8) is 0 Å². The number of hydrogen-bond donors (Lipinski definition) is 2. The maximum Gasteiger partial charge on any atom is 0.305 e. The first-order valence-electron chi connectivity index (χ1n) is 5.87. The summed E-state index contributed by atoms with van der Waals surface area (Å²) >= 11 is 0. The zero-order chi connectivity index (χ0) is 13.1. The first-order valence-corrected chi connectivity index (χ1v) is 5.87. The third kappa shape index (κ3) is 3.00. The number of carbonyl (C=O) groups excluding carboxylic acids is 1. The highest BCUT2D eigenvalue weighted by atomic mass is 16.4. The van der Waals surface area contributed by atoms with E-state index in [0.717, 1.165) is 11.3 Å². The molecule has 0 radical (unpaired) electrons. The molecule has 1 aliphatic rings. The van der Waals surface area contributed by atoms with Crippen molar-refractivity contribution < 1.29 is 14.7 Å². The molecule has 5 heteroatoms. The Morgan fingerprint density at radius 1 is 1.56 bits per heavy atom. The molecular formula is C13H16N2O3. The number of hydrogen-bond acceptors (Lipinski definition) is 3. The minimum absolute atomic E-state index is 0.0476. The van der Waals surface area contributed by atoms with Crippen LogP contribution in [-0.4, -0.2) is 36.1 Å². The number of nitrogens with zero attached hydrogens (tertiary/aromatic N) is 1. The van der Waals surface area contributed by atoms with Gasteiger partial charge in [-0.15, -0.1) is 0 Å². The third-order valence-electron chi connectivity index (χ3n) is 2.93. The summed E-state index contributed by atoms with van der Waals surface area (Å²) in [5.74, 6) is -1.03. The maximum absolute atomic E-state index is 11.6. The van der Waals surface area contributed by atoms with E-state index < -0.39 is 5.97 Å². The zero-order valence-electron chi connectivity index (χ0n) is 10.2. The number of benzene rings is 1. The Bertz CT molecular complexity index is 471. The molecular weight excluding hydrogens is 232 g/mol. The normalized spacial score (nSPS) is 19.5. The van der Waals surface area contributed by atoms with E-state index in [1.54, 1.807) is 0 Å². The Kier molecular flexibility index (Phi) is 3.50. The van der Waals surface area contributed by atoms with Gasteiger partial charge in [0.05, 0.1) is 19.0 Å². The lowest BCUT2D eigenvalue weighted by molar-refractivity contribution is -0.137. The van der Waals surface area contributed by atoms with E-state index in [1.165, 1.54) is 0 Å². The van der Waals surface area contributed by atoms with Gasteiger partial charge in [-0.05, 0) is 24.6 Å². The maximum atomic E-state index is 11.6. The third-order valence-corrected chi connectivity index (χ3v) is 2.93. The van der Waals surface area contributed by atoms with Crippen LogP contribution >= 0.6 is 0 Å². The lowest BCUT2D eigenvalue weighted by atomic mass is 10.1. The zero-order valence-corrected chi connectivity index (χ0v) is 10.2. The van der Waals surface area contributed by atoms with Crippen LogP contribution in [0, 0.1) is 6.92 Å². The highest BCUT2D eigenvalue weighted by molar-refractivity contribution is 5.84. The molecule has 18 heavy (non-hydrogen) atoms. The van der Waals surface area contributed by atoms with Gasteiger partial charge < -0.3 is 15.3 Å². The molecule has 2 rings (SSSR count). The molecule has 0 bridgehead atoms. The lowest BCUT2D eigenvalue weighted by Gasteiger charge is -2.34. The van der Waals surface area contributed by atoms with Gasteiger partial charge in [0.1, 0.15) is 0 Å². The topological polar surface area (TPSA) is 69.6 Å². The first kappa shape index (κ1) is 12.4. The van der Waals surface area contributed by atoms with Crippen LogP contribution in [-0.2, 0) is 9.59 Å². The standard InChI is InChI=1S/C13H16N2O3/c1-9-3-2-4-11(5-9)15-7-10(6-13(17)18)14-12(16)8-15/h2-5,10H,6-8H2,1H3,(H,14,16)(H,17,18). The van der Waals surface area contributed by atoms with Crippen molar-refractivity contribution in [1.82, 2.24) is 5.32 Å². The highest BCUT2D eigenvalue weighted by Crippen LogP contribution is 2.18. The molecule has 1 amide bonds. The minimum atomic E-state index is -0.897. The van der Waals surface area contributed by atoms with E-state index >= 15 is 0 Å². The molecule has 0 aromatic heterocycles. The van der Waals surface area contributed by atoms with Crippen molar-refractivity contribution >= 4 is 17.6 Å². The number of rotatable bonds is 3. The van der Waals surface area contributed by atoms with Crippen LogP contribution < -0.4 is 10.2 Å². The van der Waals surface area contributed by atoms with Crippen molar-refractivity contribution in [1.29, 1.82) is 0 Å². The van der Waals surface area contributed by atoms with Gasteiger partial charge in [0, 0.05) is 12.2 Å². The van der Waals surface area contributed by atoms with E-state index in [0.29, 0.717) is 6.54 Å². The number of carboxylic acids is 1. The predicted molar refractivity (Wildman–Crippen MR) is 67.6 cm³/mol. The van der Waals surface area contributed by atoms with Gasteiger partial charge >= 0.3 is 5.97 Å². The Balaban J connectivity index is 2.13. The molecule has 1 saturated heterocycles. The van der Waals surface area contributed by atoms with Gasteiger partial charge in [-0.2, -0.15) is 0 Å². The second kappa shape index (κ2) is 5.08. The van der Waals surface area contributed by atoms with Crippen LogP contribution in [0.3, 0.4) is 0 Å². The van der Waals surface area contributed by atoms with Crippen LogP contribution in [0.4, 0.5) is 5.69 Å². The molecule has 1 aromatic rings. The summed E-state index contributed by atoms with van der Waals surface area (Å²) in [5.41, 5.74) is 2.08. The molecule has 1 fully saturated rings. The number of aryl methyl sites for hydroxylation is 1. The summed E-state index contributed by atoms with van der Waals surface area (Å²) in [4.78, 5) is 24.2. The van der Waals surface area contributed by atoms with Crippen molar-refractivity contribution in [2.75, 3.05) is 18.0 Å². The quantitative estimate of drug-likeness (QED) is 0.829. The van der Waals surface area contributed by atoms with E-state index in [-0.39, 0.29) is 24.9 Å². The molecule has 5 nitrogen and oxygen atoms in total. The SMILES string of the molecule is Cc1cccc(N2CC(=O)NC(CC(=O)O)C2)c1. The van der Waals surface area contributed by atoms with Crippen molar-refractivity contribution in [3.8, 4) is 0 Å². The molecule has 0 aliphatic carbocycles. The highest BCUT2D eigenvalue weighted by Gasteiger charge is 2.26. The molecule has 1 heterocycles. The minimum Gasteiger partial charge on any atom is -0.481 e. The first-order chi connectivity index (χ1) is 8.54. The fourth-order valence-corrected chi connectivity index (χ4v) is 2.17. The second-order valence-electron chi connectivity index (χ2n) is 4.58. The largest absolute Gasteiger partial charge is 0.481 e. The number of anilines is 1. The van der Waals surface area contributed by atoms with Gasteiger partial charge in [0.15, 0.2) is 0 Å². The van der Waals surface area contributed by atoms with Gasteiger partial charge in [-0.25, -0.2) is 0 Å². The van der Waals surface area contributed by atoms with Crippen LogP contribution in [0.25, 0.3) is 0 Å². The Hall–Kier alpha value is -2.04. The van der Waals surface area contributed by atoms with Gasteiger partial charge in [-0.3, -0.25) is 9.59 Å². The molecule has 2 N–H and O–H groups in total. The van der Waals surface area contributed by atoms with E-state index in [1.807, 2.05) is 36.1 Å². The molecule has 1 aromatic carbocycles. The number of aliphatic carboxylic acids is 1. The Morgan fingerprint density at radius 2 is 2.33 bits per heavy atom. The summed E-state index contributed by atoms with van der Waals surface area (Å²) in [6.45, 7) is 2.79. The lowest BCUT2D eigenvalue weighted by Crippen LogP contribution is -2.54. The van der Waals surface area contributed by atoms with Crippen LogP contribution in [0.2, 0.25) is 0 Å². The average Bonchev–Trinajstić information content (AvgIpc) is 2.27. The molecule has 1 aliphatic heterocycles. The van der Waals surface area contributed by atoms with Crippen LogP contribution in [0.1, 0.15) is 12.0 Å². The van der Waals surface area contributed by atoms with Crippen molar-refractivity contribution in [2.45, 2.75) is 19.4 Å². The van der Waals surface area contributed by atoms with E-state index in [9.17, 15) is 9.59 Å². The number of piperazine rings is 1. The van der Waals surface area contributed by atoms with Gasteiger partial charge in [0.25, 0.3) is 0 Å². The molecule has 96 valence electrons. The summed E-state index contributed by atoms with van der Waals surface area (Å²) in [7, 11) is 0. The monoisotopic (exact) mass is 248 g/mol. The average molecular weight is 248 g/mol. The van der Waals surface area contributed by atoms with E-state index in [2.05, 4.69) is 5.32 Å². The number of carboxylic acid groups (broad SMARTS) is 1. The second-order valence-corrected chi connectivity index (χ2v) is 4.58. The summed E-state index contributed by atoms with van der Waals surface area (Å²) in [6.07, 6.45) is -0.0476. The fraction of sp³-hybridized carbons (Fsp3) is 0.385. The van der Waals surface area contributed by atoms with Gasteiger partial charge in [-0.1, -0.05) is 12.1 Å². The molecule has 0 spiro atoms. The van der Waals surface area contributed by atoms with Crippen molar-refractivity contribution in [2.24, 2.45) is 0 Å². The van der Waals surface area contributed by atoms with E-state index in [4.69, 9.17) is 5.11 Å². The Labute approximate surface area is 105 Å². The fourth-order valence-electron chi connectivity index (χ4n) is 2.17. The summed E-state index contributed by atoms with van der Waals surface area (Å²) < 4.78 is 0. The summed E-state index contributed by atoms with van der Waals surface area (Å²) in [6, 6.07) is 7.52. The molecule has 0 saturated carbocycles. The van der Waals surface area contributed by atoms with Crippen molar-refractivity contribution in [3.05, 3.63) is 29.8 Å². The number of amides is 1. The number of carbonyl (C=O) groups is 2. The van der Waals surface area contributed by atoms with Gasteiger partial charge in [0.2, 0.25) is 5.91 Å². The predicted octanol–water partition coefficient (Wildman–Crippen LogP) is 0.775. The Morgan fingerprint density at radius 3 is 3.00 bits per heavy atom. The summed E-state index contributed by atoms with van der Waals surface area (Å²) in [5, 5.41) is 11.5.